The summed E-state index contributed by atoms with van der Waals surface area (Å²) in [5.41, 5.74) is 0.0841. The smallest absolute Gasteiger partial charge is 0.126 e. The summed E-state index contributed by atoms with van der Waals surface area (Å²) in [6.07, 6.45) is 2.29. The van der Waals surface area contributed by atoms with Gasteiger partial charge < -0.3 is 4.74 Å². The van der Waals surface area contributed by atoms with E-state index in [2.05, 4.69) is 11.4 Å². The second-order valence-corrected chi connectivity index (χ2v) is 5.89. The van der Waals surface area contributed by atoms with E-state index in [0.717, 1.165) is 12.8 Å². The van der Waals surface area contributed by atoms with Crippen LogP contribution < -0.4 is 10.1 Å². The Hall–Kier alpha value is -1.60. The summed E-state index contributed by atoms with van der Waals surface area (Å²) >= 11 is 0. The Balaban J connectivity index is 2.02. The summed E-state index contributed by atoms with van der Waals surface area (Å²) < 4.78 is 19.1. The van der Waals surface area contributed by atoms with Crippen LogP contribution in [0.5, 0.6) is 5.75 Å². The number of nitrogens with zero attached hydrogens (tertiary/aromatic N) is 1. The molecule has 0 heterocycles. The number of nitrogens with one attached hydrogen (secondary N) is 1. The summed E-state index contributed by atoms with van der Waals surface area (Å²) in [5.74, 6) is 0.448. The van der Waals surface area contributed by atoms with Gasteiger partial charge in [0.25, 0.3) is 0 Å². The molecule has 0 aliphatic heterocycles. The van der Waals surface area contributed by atoms with Crippen LogP contribution in [0.25, 0.3) is 0 Å². The molecule has 20 heavy (non-hydrogen) atoms. The molecule has 3 nitrogen and oxygen atoms in total. The predicted molar refractivity (Wildman–Crippen MR) is 76.0 cm³/mol. The van der Waals surface area contributed by atoms with E-state index in [1.54, 1.807) is 19.1 Å². The van der Waals surface area contributed by atoms with Gasteiger partial charge in [-0.2, -0.15) is 5.26 Å². The Bertz CT molecular complexity index is 524. The van der Waals surface area contributed by atoms with Gasteiger partial charge in [0.1, 0.15) is 23.2 Å². The first-order valence-electron chi connectivity index (χ1n) is 7.06. The topological polar surface area (TPSA) is 45.0 Å². The van der Waals surface area contributed by atoms with Crippen LogP contribution in [0.2, 0.25) is 0 Å². The van der Waals surface area contributed by atoms with Crippen LogP contribution in [-0.4, -0.2) is 17.7 Å². The van der Waals surface area contributed by atoms with E-state index in [0.29, 0.717) is 17.7 Å². The zero-order chi connectivity index (χ0) is 14.8. The SMILES string of the molecule is Cc1cc(OC2CCC(C#N)(NC(C)C)C2)ccc1F. The maximum atomic E-state index is 13.2. The molecule has 1 N–H and O–H groups in total. The average Bonchev–Trinajstić information content (AvgIpc) is 2.77. The zero-order valence-electron chi connectivity index (χ0n) is 12.2. The fourth-order valence-electron chi connectivity index (χ4n) is 2.80. The van der Waals surface area contributed by atoms with Crippen molar-refractivity contribution in [2.24, 2.45) is 0 Å². The number of aryl methyl sites for hydroxylation is 1. The fourth-order valence-corrected chi connectivity index (χ4v) is 2.80. The second-order valence-electron chi connectivity index (χ2n) is 5.89. The number of benzene rings is 1. The highest BCUT2D eigenvalue weighted by molar-refractivity contribution is 5.29. The lowest BCUT2D eigenvalue weighted by atomic mass is 9.98. The Morgan fingerprint density at radius 1 is 1.50 bits per heavy atom. The molecule has 1 aromatic rings. The number of hydrogen-bond donors (Lipinski definition) is 1. The van der Waals surface area contributed by atoms with E-state index in [1.807, 2.05) is 13.8 Å². The van der Waals surface area contributed by atoms with Crippen molar-refractivity contribution in [2.75, 3.05) is 0 Å². The monoisotopic (exact) mass is 276 g/mol. The minimum absolute atomic E-state index is 0.00533. The van der Waals surface area contributed by atoms with Crippen LogP contribution in [-0.2, 0) is 0 Å². The number of ether oxygens (including phenoxy) is 1. The van der Waals surface area contributed by atoms with Crippen molar-refractivity contribution in [3.05, 3.63) is 29.6 Å². The Labute approximate surface area is 119 Å². The van der Waals surface area contributed by atoms with Gasteiger partial charge in [0.05, 0.1) is 6.07 Å². The maximum Gasteiger partial charge on any atom is 0.126 e. The maximum absolute atomic E-state index is 13.2. The summed E-state index contributed by atoms with van der Waals surface area (Å²) in [4.78, 5) is 0. The highest BCUT2D eigenvalue weighted by Gasteiger charge is 2.40. The van der Waals surface area contributed by atoms with Gasteiger partial charge in [-0.3, -0.25) is 5.32 Å². The first-order chi connectivity index (χ1) is 9.44. The molecule has 108 valence electrons. The standard InChI is InChI=1S/C16H21FN2O/c1-11(2)19-16(10-18)7-6-14(9-16)20-13-4-5-15(17)12(3)8-13/h4-5,8,11,14,19H,6-7,9H2,1-3H3. The summed E-state index contributed by atoms with van der Waals surface area (Å²) in [5, 5.41) is 12.8. The lowest BCUT2D eigenvalue weighted by molar-refractivity contribution is 0.199. The first kappa shape index (κ1) is 14.8. The van der Waals surface area contributed by atoms with Gasteiger partial charge in [-0.1, -0.05) is 0 Å². The highest BCUT2D eigenvalue weighted by Crippen LogP contribution is 2.33. The summed E-state index contributed by atoms with van der Waals surface area (Å²) in [7, 11) is 0. The predicted octanol–water partition coefficient (Wildman–Crippen LogP) is 3.33. The normalized spacial score (nSPS) is 25.7. The quantitative estimate of drug-likeness (QED) is 0.917. The van der Waals surface area contributed by atoms with Gasteiger partial charge in [-0.25, -0.2) is 4.39 Å². The van der Waals surface area contributed by atoms with Crippen molar-refractivity contribution < 1.29 is 9.13 Å². The molecule has 1 saturated carbocycles. The van der Waals surface area contributed by atoms with Gasteiger partial charge in [-0.15, -0.1) is 0 Å². The molecule has 2 rings (SSSR count). The fraction of sp³-hybridized carbons (Fsp3) is 0.562. The third kappa shape index (κ3) is 3.29. The molecule has 0 spiro atoms. The first-order valence-corrected chi connectivity index (χ1v) is 7.06. The van der Waals surface area contributed by atoms with Crippen molar-refractivity contribution in [1.29, 1.82) is 5.26 Å². The van der Waals surface area contributed by atoms with E-state index in [9.17, 15) is 9.65 Å². The minimum atomic E-state index is -0.492. The zero-order valence-corrected chi connectivity index (χ0v) is 12.2. The largest absolute Gasteiger partial charge is 0.490 e. The molecule has 1 fully saturated rings. The van der Waals surface area contributed by atoms with Gasteiger partial charge in [0.15, 0.2) is 0 Å². The lowest BCUT2D eigenvalue weighted by Gasteiger charge is -2.25. The number of halogens is 1. The lowest BCUT2D eigenvalue weighted by Crippen LogP contribution is -2.46. The molecule has 1 aliphatic carbocycles. The van der Waals surface area contributed by atoms with E-state index in [1.165, 1.54) is 6.07 Å². The molecule has 0 saturated heterocycles. The number of nitriles is 1. The molecule has 0 amide bonds. The van der Waals surface area contributed by atoms with Crippen LogP contribution >= 0.6 is 0 Å². The van der Waals surface area contributed by atoms with Gasteiger partial charge >= 0.3 is 0 Å². The number of hydrogen-bond acceptors (Lipinski definition) is 3. The molecule has 0 aromatic heterocycles. The Kier molecular flexibility index (Phi) is 4.29. The molecule has 2 unspecified atom stereocenters. The Morgan fingerprint density at radius 3 is 2.85 bits per heavy atom. The van der Waals surface area contributed by atoms with Gasteiger partial charge in [-0.05, 0) is 57.4 Å². The molecular weight excluding hydrogens is 255 g/mol. The number of rotatable bonds is 4. The van der Waals surface area contributed by atoms with E-state index >= 15 is 0 Å². The van der Waals surface area contributed by atoms with Crippen LogP contribution in [0.4, 0.5) is 4.39 Å². The van der Waals surface area contributed by atoms with Crippen LogP contribution in [0.3, 0.4) is 0 Å². The van der Waals surface area contributed by atoms with E-state index in [-0.39, 0.29) is 18.0 Å². The molecule has 2 atom stereocenters. The van der Waals surface area contributed by atoms with Crippen molar-refractivity contribution in [3.63, 3.8) is 0 Å². The third-order valence-corrected chi connectivity index (χ3v) is 3.68. The summed E-state index contributed by atoms with van der Waals surface area (Å²) in [6, 6.07) is 7.43. The Morgan fingerprint density at radius 2 is 2.25 bits per heavy atom. The van der Waals surface area contributed by atoms with Crippen molar-refractivity contribution in [2.45, 2.75) is 57.7 Å². The van der Waals surface area contributed by atoms with Crippen molar-refractivity contribution >= 4 is 0 Å². The van der Waals surface area contributed by atoms with Gasteiger partial charge in [0.2, 0.25) is 0 Å². The molecule has 0 bridgehead atoms. The van der Waals surface area contributed by atoms with Crippen LogP contribution in [0.15, 0.2) is 18.2 Å². The van der Waals surface area contributed by atoms with Crippen LogP contribution in [0.1, 0.15) is 38.7 Å². The third-order valence-electron chi connectivity index (χ3n) is 3.68. The van der Waals surface area contributed by atoms with Crippen molar-refractivity contribution in [1.82, 2.24) is 5.32 Å². The molecular formula is C16H21FN2O. The average molecular weight is 276 g/mol. The van der Waals surface area contributed by atoms with E-state index in [4.69, 9.17) is 4.74 Å². The van der Waals surface area contributed by atoms with Crippen molar-refractivity contribution in [3.8, 4) is 11.8 Å². The summed E-state index contributed by atoms with van der Waals surface area (Å²) in [6.45, 7) is 5.80. The molecule has 1 aromatic carbocycles. The molecule has 4 heteroatoms. The van der Waals surface area contributed by atoms with Crippen LogP contribution in [0, 0.1) is 24.1 Å². The molecule has 1 aliphatic rings. The van der Waals surface area contributed by atoms with E-state index < -0.39 is 5.54 Å². The van der Waals surface area contributed by atoms with Gasteiger partial charge in [0, 0.05) is 12.5 Å². The second kappa shape index (κ2) is 5.80. The molecule has 0 radical (unpaired) electrons. The highest BCUT2D eigenvalue weighted by atomic mass is 19.1. The minimum Gasteiger partial charge on any atom is -0.490 e.